The molecule has 9 nitrogen and oxygen atoms in total. The zero-order valence-electron chi connectivity index (χ0n) is 21.2. The molecule has 1 saturated carbocycles. The number of benzene rings is 2. The Labute approximate surface area is 240 Å². The van der Waals surface area contributed by atoms with Crippen LogP contribution in [0.5, 0.6) is 0 Å². The third kappa shape index (κ3) is 6.45. The van der Waals surface area contributed by atoms with Crippen molar-refractivity contribution in [1.82, 2.24) is 10.2 Å². The van der Waals surface area contributed by atoms with Gasteiger partial charge in [0.15, 0.2) is 0 Å². The van der Waals surface area contributed by atoms with Crippen LogP contribution in [0.4, 0.5) is 10.5 Å². The number of carbonyl (C=O) groups is 4. The first kappa shape index (κ1) is 29.0. The Kier molecular flexibility index (Phi) is 9.30. The number of hydrogen-bond acceptors (Lipinski definition) is 6. The predicted octanol–water partition coefficient (Wildman–Crippen LogP) is 5.20. The number of anilines is 1. The van der Waals surface area contributed by atoms with E-state index in [1.807, 2.05) is 0 Å². The summed E-state index contributed by atoms with van der Waals surface area (Å²) in [4.78, 5) is 51.8. The SMILES string of the molecule is CCOC(=O)N1[C@@H](C(=O)N[C@@H](Cc2ccc(NC(=O)c3c(Cl)cccc3Cl)cc2)C(=O)O)CSC12CCCC2. The van der Waals surface area contributed by atoms with Crippen LogP contribution in [0.15, 0.2) is 42.5 Å². The molecule has 2 aromatic carbocycles. The summed E-state index contributed by atoms with van der Waals surface area (Å²) in [6, 6.07) is 9.31. The molecule has 2 aliphatic rings. The van der Waals surface area contributed by atoms with Crippen molar-refractivity contribution in [3.63, 3.8) is 0 Å². The Morgan fingerprint density at radius 3 is 2.33 bits per heavy atom. The number of amides is 3. The van der Waals surface area contributed by atoms with Crippen LogP contribution in [0.1, 0.15) is 48.5 Å². The molecule has 4 rings (SSSR count). The molecule has 1 saturated heterocycles. The van der Waals surface area contributed by atoms with Crippen LogP contribution >= 0.6 is 35.0 Å². The zero-order chi connectivity index (χ0) is 28.2. The number of carboxylic acids is 1. The fourth-order valence-electron chi connectivity index (χ4n) is 4.99. The average molecular weight is 595 g/mol. The number of halogens is 2. The van der Waals surface area contributed by atoms with Crippen LogP contribution < -0.4 is 10.6 Å². The molecular formula is C27H29Cl2N3O6S. The van der Waals surface area contributed by atoms with Gasteiger partial charge < -0.3 is 20.5 Å². The van der Waals surface area contributed by atoms with Gasteiger partial charge in [0.25, 0.3) is 5.91 Å². The summed E-state index contributed by atoms with van der Waals surface area (Å²) >= 11 is 13.8. The fourth-order valence-corrected chi connectivity index (χ4v) is 7.25. The lowest BCUT2D eigenvalue weighted by Gasteiger charge is -2.36. The second-order valence-corrected chi connectivity index (χ2v) is 11.6. The van der Waals surface area contributed by atoms with Gasteiger partial charge in [-0.25, -0.2) is 9.59 Å². The summed E-state index contributed by atoms with van der Waals surface area (Å²) in [5.74, 6) is -1.82. The van der Waals surface area contributed by atoms with E-state index in [4.69, 9.17) is 27.9 Å². The number of carbonyl (C=O) groups excluding carboxylic acids is 3. The van der Waals surface area contributed by atoms with Crippen LogP contribution in [0.25, 0.3) is 0 Å². The predicted molar refractivity (Wildman–Crippen MR) is 150 cm³/mol. The second-order valence-electron chi connectivity index (χ2n) is 9.40. The van der Waals surface area contributed by atoms with Crippen molar-refractivity contribution >= 4 is 64.5 Å². The van der Waals surface area contributed by atoms with Gasteiger partial charge in [0.1, 0.15) is 12.1 Å². The molecule has 208 valence electrons. The molecule has 1 spiro atoms. The molecule has 2 atom stereocenters. The van der Waals surface area contributed by atoms with Crippen molar-refractivity contribution < 1.29 is 29.0 Å². The minimum Gasteiger partial charge on any atom is -0.480 e. The van der Waals surface area contributed by atoms with Crippen molar-refractivity contribution in [2.45, 2.75) is 56.0 Å². The Hall–Kier alpha value is -2.95. The lowest BCUT2D eigenvalue weighted by atomic mass is 10.0. The average Bonchev–Trinajstić information content (AvgIpc) is 3.52. The molecule has 0 unspecified atom stereocenters. The van der Waals surface area contributed by atoms with E-state index < -0.39 is 40.8 Å². The number of nitrogens with zero attached hydrogens (tertiary/aromatic N) is 1. The Balaban J connectivity index is 1.42. The van der Waals surface area contributed by atoms with E-state index in [2.05, 4.69) is 10.6 Å². The molecule has 0 radical (unpaired) electrons. The van der Waals surface area contributed by atoms with E-state index in [0.717, 1.165) is 25.7 Å². The first-order valence-corrected chi connectivity index (χ1v) is 14.4. The minimum atomic E-state index is -1.21. The standard InChI is InChI=1S/C27H29Cl2N3O6S/c1-2-38-26(37)32-21(15-39-27(32)12-3-4-13-27)23(33)31-20(25(35)36)14-16-8-10-17(11-9-16)30-24(34)22-18(28)6-5-7-19(22)29/h5-11,20-21H,2-4,12-15H2,1H3,(H,30,34)(H,31,33)(H,35,36)/t20-,21+/m0/s1. The van der Waals surface area contributed by atoms with Gasteiger partial charge in [-0.05, 0) is 49.6 Å². The van der Waals surface area contributed by atoms with E-state index in [0.29, 0.717) is 17.0 Å². The maximum atomic E-state index is 13.3. The molecule has 0 aromatic heterocycles. The number of rotatable bonds is 8. The molecule has 2 aromatic rings. The fraction of sp³-hybridized carbons (Fsp3) is 0.407. The van der Waals surface area contributed by atoms with E-state index in [1.54, 1.807) is 61.2 Å². The number of thioether (sulfide) groups is 1. The molecule has 3 N–H and O–H groups in total. The van der Waals surface area contributed by atoms with E-state index >= 15 is 0 Å². The number of hydrogen-bond donors (Lipinski definition) is 3. The van der Waals surface area contributed by atoms with Gasteiger partial charge in [-0.15, -0.1) is 11.8 Å². The minimum absolute atomic E-state index is 0.00997. The summed E-state index contributed by atoms with van der Waals surface area (Å²) in [6.07, 6.45) is 2.92. The first-order chi connectivity index (χ1) is 18.6. The largest absolute Gasteiger partial charge is 0.480 e. The van der Waals surface area contributed by atoms with Gasteiger partial charge in [-0.3, -0.25) is 14.5 Å². The van der Waals surface area contributed by atoms with Gasteiger partial charge in [0.2, 0.25) is 5.91 Å². The monoisotopic (exact) mass is 593 g/mol. The van der Waals surface area contributed by atoms with E-state index in [-0.39, 0.29) is 28.6 Å². The van der Waals surface area contributed by atoms with Crippen LogP contribution in [-0.4, -0.2) is 63.2 Å². The smallest absolute Gasteiger partial charge is 0.411 e. The van der Waals surface area contributed by atoms with Gasteiger partial charge in [0.05, 0.1) is 27.1 Å². The van der Waals surface area contributed by atoms with Crippen molar-refractivity contribution in [2.24, 2.45) is 0 Å². The second kappa shape index (κ2) is 12.5. The van der Waals surface area contributed by atoms with Crippen LogP contribution in [-0.2, 0) is 20.7 Å². The quantitative estimate of drug-likeness (QED) is 0.384. The Bertz CT molecular complexity index is 1230. The van der Waals surface area contributed by atoms with Crippen molar-refractivity contribution in [3.05, 3.63) is 63.6 Å². The molecule has 12 heteroatoms. The molecule has 1 heterocycles. The van der Waals surface area contributed by atoms with Crippen molar-refractivity contribution in [2.75, 3.05) is 17.7 Å². The third-order valence-electron chi connectivity index (χ3n) is 6.87. The molecule has 1 aliphatic carbocycles. The molecular weight excluding hydrogens is 565 g/mol. The Morgan fingerprint density at radius 1 is 1.10 bits per heavy atom. The highest BCUT2D eigenvalue weighted by molar-refractivity contribution is 8.01. The van der Waals surface area contributed by atoms with Crippen molar-refractivity contribution in [3.8, 4) is 0 Å². The van der Waals surface area contributed by atoms with Crippen LogP contribution in [0.3, 0.4) is 0 Å². The highest BCUT2D eigenvalue weighted by Gasteiger charge is 2.54. The molecule has 1 aliphatic heterocycles. The zero-order valence-corrected chi connectivity index (χ0v) is 23.6. The molecule has 39 heavy (non-hydrogen) atoms. The van der Waals surface area contributed by atoms with E-state index in [9.17, 15) is 24.3 Å². The molecule has 3 amide bonds. The van der Waals surface area contributed by atoms with E-state index in [1.165, 1.54) is 4.90 Å². The van der Waals surface area contributed by atoms with Crippen molar-refractivity contribution in [1.29, 1.82) is 0 Å². The summed E-state index contributed by atoms with van der Waals surface area (Å²) in [6.45, 7) is 1.89. The molecule has 0 bridgehead atoms. The summed E-state index contributed by atoms with van der Waals surface area (Å²) in [7, 11) is 0. The summed E-state index contributed by atoms with van der Waals surface area (Å²) < 4.78 is 5.25. The Morgan fingerprint density at radius 2 is 1.74 bits per heavy atom. The first-order valence-electron chi connectivity index (χ1n) is 12.6. The lowest BCUT2D eigenvalue weighted by Crippen LogP contribution is -2.56. The third-order valence-corrected chi connectivity index (χ3v) is 9.12. The summed E-state index contributed by atoms with van der Waals surface area (Å²) in [5, 5.41) is 15.6. The number of aliphatic carboxylic acids is 1. The summed E-state index contributed by atoms with van der Waals surface area (Å²) in [5.41, 5.74) is 1.25. The highest BCUT2D eigenvalue weighted by Crippen LogP contribution is 2.50. The number of nitrogens with one attached hydrogen (secondary N) is 2. The number of carboxylic acid groups (broad SMARTS) is 1. The highest BCUT2D eigenvalue weighted by atomic mass is 35.5. The number of ether oxygens (including phenoxy) is 1. The molecule has 2 fully saturated rings. The van der Waals surface area contributed by atoms with Gasteiger partial charge in [-0.2, -0.15) is 0 Å². The lowest BCUT2D eigenvalue weighted by molar-refractivity contribution is -0.142. The topological polar surface area (TPSA) is 125 Å². The van der Waals surface area contributed by atoms with Gasteiger partial charge >= 0.3 is 12.1 Å². The maximum absolute atomic E-state index is 13.3. The normalized spacial score (nSPS) is 18.5. The maximum Gasteiger partial charge on any atom is 0.411 e. The van der Waals surface area contributed by atoms with Gasteiger partial charge in [-0.1, -0.05) is 54.2 Å². The van der Waals surface area contributed by atoms with Gasteiger partial charge in [0, 0.05) is 17.9 Å². The van der Waals surface area contributed by atoms with Crippen LogP contribution in [0, 0.1) is 0 Å². The van der Waals surface area contributed by atoms with Crippen LogP contribution in [0.2, 0.25) is 10.0 Å².